The van der Waals surface area contributed by atoms with Gasteiger partial charge in [-0.2, -0.15) is 0 Å². The van der Waals surface area contributed by atoms with E-state index in [4.69, 9.17) is 26.4 Å². The largest absolute Gasteiger partial charge is 0.494 e. The van der Waals surface area contributed by atoms with Crippen LogP contribution in [-0.4, -0.2) is 36.2 Å². The first-order valence-electron chi connectivity index (χ1n) is 12.0. The summed E-state index contributed by atoms with van der Waals surface area (Å²) in [6, 6.07) is 19.5. The topological polar surface area (TPSA) is 51.2 Å². The summed E-state index contributed by atoms with van der Waals surface area (Å²) in [6.07, 6.45) is 1.83. The van der Waals surface area contributed by atoms with Crippen LogP contribution < -0.4 is 19.1 Å². The molecule has 192 valence electrons. The molecule has 1 saturated heterocycles. The third kappa shape index (κ3) is 6.07. The lowest BCUT2D eigenvalue weighted by atomic mass is 10.1. The lowest BCUT2D eigenvalue weighted by Gasteiger charge is -2.17. The standard InChI is InChI=1S/C29H29IN2O4S/c1-5-34-23-13-11-22(12-14-23)32-28(33)25(31(4)29(32)37)16-21-15-24(30)27(26(17-21)35-6-2)36-18-20-9-7-19(3)8-10-20/h7-17H,5-6,18H2,1-4H3/b25-16-. The molecular weight excluding hydrogens is 599 g/mol. The van der Waals surface area contributed by atoms with Gasteiger partial charge in [-0.1, -0.05) is 29.8 Å². The second kappa shape index (κ2) is 12.0. The minimum atomic E-state index is -0.190. The van der Waals surface area contributed by atoms with Crippen LogP contribution in [0.5, 0.6) is 17.2 Å². The van der Waals surface area contributed by atoms with Gasteiger partial charge in [-0.05, 0) is 109 Å². The van der Waals surface area contributed by atoms with Crippen molar-refractivity contribution in [2.24, 2.45) is 0 Å². The summed E-state index contributed by atoms with van der Waals surface area (Å²) in [7, 11) is 1.80. The van der Waals surface area contributed by atoms with Crippen molar-refractivity contribution >= 4 is 57.6 Å². The Hall–Kier alpha value is -3.11. The predicted molar refractivity (Wildman–Crippen MR) is 159 cm³/mol. The molecule has 0 aromatic heterocycles. The van der Waals surface area contributed by atoms with E-state index in [-0.39, 0.29) is 5.91 Å². The Morgan fingerprint density at radius 3 is 2.27 bits per heavy atom. The quantitative estimate of drug-likeness (QED) is 0.152. The van der Waals surface area contributed by atoms with E-state index in [1.165, 1.54) is 10.5 Å². The number of ether oxygens (including phenoxy) is 3. The first kappa shape index (κ1) is 26.9. The minimum Gasteiger partial charge on any atom is -0.494 e. The summed E-state index contributed by atoms with van der Waals surface area (Å²) in [5, 5.41) is 0.415. The van der Waals surface area contributed by atoms with Crippen LogP contribution in [0.4, 0.5) is 5.69 Å². The molecule has 0 N–H and O–H groups in total. The summed E-state index contributed by atoms with van der Waals surface area (Å²) >= 11 is 7.86. The maximum Gasteiger partial charge on any atom is 0.281 e. The number of hydrogen-bond acceptors (Lipinski definition) is 5. The van der Waals surface area contributed by atoms with Crippen LogP contribution in [0.2, 0.25) is 0 Å². The SMILES string of the molecule is CCOc1ccc(N2C(=O)/C(=C/c3cc(I)c(OCc4ccc(C)cc4)c(OCC)c3)N(C)C2=S)cc1. The average Bonchev–Trinajstić information content (AvgIpc) is 3.08. The third-order valence-corrected chi connectivity index (χ3v) is 7.06. The van der Waals surface area contributed by atoms with E-state index in [0.717, 1.165) is 20.4 Å². The van der Waals surface area contributed by atoms with E-state index in [9.17, 15) is 4.79 Å². The molecule has 0 spiro atoms. The molecule has 1 amide bonds. The minimum absolute atomic E-state index is 0.190. The number of nitrogens with zero attached hydrogens (tertiary/aromatic N) is 2. The number of rotatable bonds is 9. The van der Waals surface area contributed by atoms with Crippen LogP contribution in [0.15, 0.2) is 66.4 Å². The summed E-state index contributed by atoms with van der Waals surface area (Å²) in [6.45, 7) is 7.43. The van der Waals surface area contributed by atoms with Gasteiger partial charge in [0.2, 0.25) is 0 Å². The molecule has 0 aliphatic carbocycles. The fourth-order valence-electron chi connectivity index (χ4n) is 3.91. The van der Waals surface area contributed by atoms with E-state index in [0.29, 0.717) is 47.8 Å². The van der Waals surface area contributed by atoms with Gasteiger partial charge in [0, 0.05) is 7.05 Å². The molecule has 0 saturated carbocycles. The van der Waals surface area contributed by atoms with E-state index in [2.05, 4.69) is 53.8 Å². The Morgan fingerprint density at radius 1 is 0.946 bits per heavy atom. The van der Waals surface area contributed by atoms with Gasteiger partial charge in [0.15, 0.2) is 16.6 Å². The predicted octanol–water partition coefficient (Wildman–Crippen LogP) is 6.58. The van der Waals surface area contributed by atoms with E-state index < -0.39 is 0 Å². The van der Waals surface area contributed by atoms with Crippen LogP contribution in [-0.2, 0) is 11.4 Å². The first-order valence-corrected chi connectivity index (χ1v) is 13.5. The van der Waals surface area contributed by atoms with E-state index in [1.807, 2.05) is 56.3 Å². The molecule has 0 radical (unpaired) electrons. The number of likely N-dealkylation sites (N-methyl/N-ethyl adjacent to an activating group) is 1. The molecule has 6 nitrogen and oxygen atoms in total. The zero-order valence-corrected chi connectivity index (χ0v) is 24.3. The summed E-state index contributed by atoms with van der Waals surface area (Å²) in [5.74, 6) is 1.87. The van der Waals surface area contributed by atoms with Gasteiger partial charge in [0.1, 0.15) is 18.1 Å². The summed E-state index contributed by atoms with van der Waals surface area (Å²) in [5.41, 5.74) is 4.28. The lowest BCUT2D eigenvalue weighted by Crippen LogP contribution is -2.31. The molecule has 3 aromatic carbocycles. The second-order valence-electron chi connectivity index (χ2n) is 8.48. The Kier molecular flexibility index (Phi) is 8.71. The van der Waals surface area contributed by atoms with Crippen molar-refractivity contribution in [1.29, 1.82) is 0 Å². The normalized spacial score (nSPS) is 14.5. The lowest BCUT2D eigenvalue weighted by molar-refractivity contribution is -0.114. The van der Waals surface area contributed by atoms with Crippen LogP contribution >= 0.6 is 34.8 Å². The molecule has 1 fully saturated rings. The van der Waals surface area contributed by atoms with Gasteiger partial charge in [0.05, 0.1) is 22.5 Å². The fourth-order valence-corrected chi connectivity index (χ4v) is 4.98. The number of hydrogen-bond donors (Lipinski definition) is 0. The van der Waals surface area contributed by atoms with Crippen molar-refractivity contribution in [1.82, 2.24) is 4.90 Å². The van der Waals surface area contributed by atoms with E-state index in [1.54, 1.807) is 11.9 Å². The van der Waals surface area contributed by atoms with Gasteiger partial charge < -0.3 is 19.1 Å². The number of carbonyl (C=O) groups is 1. The molecule has 0 bridgehead atoms. The van der Waals surface area contributed by atoms with Crippen molar-refractivity contribution in [2.75, 3.05) is 25.2 Å². The molecule has 3 aromatic rings. The molecule has 1 heterocycles. The number of aryl methyl sites for hydroxylation is 1. The monoisotopic (exact) mass is 628 g/mol. The number of carbonyl (C=O) groups excluding carboxylic acids is 1. The number of halogens is 1. The molecule has 1 aliphatic heterocycles. The van der Waals surface area contributed by atoms with Gasteiger partial charge in [-0.25, -0.2) is 0 Å². The van der Waals surface area contributed by atoms with Crippen molar-refractivity contribution in [3.05, 3.63) is 86.6 Å². The molecule has 8 heteroatoms. The smallest absolute Gasteiger partial charge is 0.281 e. The van der Waals surface area contributed by atoms with Gasteiger partial charge in [-0.3, -0.25) is 9.69 Å². The first-order chi connectivity index (χ1) is 17.8. The molecule has 37 heavy (non-hydrogen) atoms. The van der Waals surface area contributed by atoms with Crippen molar-refractivity contribution < 1.29 is 19.0 Å². The Bertz CT molecular complexity index is 1320. The molecule has 0 unspecified atom stereocenters. The summed E-state index contributed by atoms with van der Waals surface area (Å²) < 4.78 is 18.5. The van der Waals surface area contributed by atoms with Crippen LogP contribution in [0.3, 0.4) is 0 Å². The fraction of sp³-hybridized carbons (Fsp3) is 0.241. The van der Waals surface area contributed by atoms with Crippen LogP contribution in [0, 0.1) is 10.5 Å². The highest BCUT2D eigenvalue weighted by atomic mass is 127. The van der Waals surface area contributed by atoms with Gasteiger partial charge in [0.25, 0.3) is 5.91 Å². The number of benzene rings is 3. The van der Waals surface area contributed by atoms with Gasteiger partial charge >= 0.3 is 0 Å². The Balaban J connectivity index is 1.60. The maximum absolute atomic E-state index is 13.4. The second-order valence-corrected chi connectivity index (χ2v) is 10.0. The zero-order chi connectivity index (χ0) is 26.5. The highest BCUT2D eigenvalue weighted by molar-refractivity contribution is 14.1. The number of thiocarbonyl (C=S) groups is 1. The Morgan fingerprint density at radius 2 is 1.62 bits per heavy atom. The molecular formula is C29H29IN2O4S. The van der Waals surface area contributed by atoms with Crippen molar-refractivity contribution in [3.8, 4) is 17.2 Å². The number of anilines is 1. The highest BCUT2D eigenvalue weighted by Crippen LogP contribution is 2.37. The molecule has 0 atom stereocenters. The zero-order valence-electron chi connectivity index (χ0n) is 21.3. The molecule has 1 aliphatic rings. The van der Waals surface area contributed by atoms with Gasteiger partial charge in [-0.15, -0.1) is 0 Å². The van der Waals surface area contributed by atoms with Crippen molar-refractivity contribution in [3.63, 3.8) is 0 Å². The number of amides is 1. The van der Waals surface area contributed by atoms with Crippen molar-refractivity contribution in [2.45, 2.75) is 27.4 Å². The summed E-state index contributed by atoms with van der Waals surface area (Å²) in [4.78, 5) is 16.7. The maximum atomic E-state index is 13.4. The average molecular weight is 629 g/mol. The van der Waals surface area contributed by atoms with Crippen LogP contribution in [0.25, 0.3) is 6.08 Å². The third-order valence-electron chi connectivity index (χ3n) is 5.81. The van der Waals surface area contributed by atoms with Crippen LogP contribution in [0.1, 0.15) is 30.5 Å². The highest BCUT2D eigenvalue weighted by Gasteiger charge is 2.36. The molecule has 4 rings (SSSR count). The van der Waals surface area contributed by atoms with E-state index >= 15 is 0 Å². The Labute approximate surface area is 237 Å².